The molecule has 3 rings (SSSR count). The minimum absolute atomic E-state index is 0.0342. The Kier molecular flexibility index (Phi) is 6.35. The van der Waals surface area contributed by atoms with Crippen molar-refractivity contribution in [1.29, 1.82) is 0 Å². The van der Waals surface area contributed by atoms with Crippen molar-refractivity contribution in [2.45, 2.75) is 32.2 Å². The van der Waals surface area contributed by atoms with Crippen molar-refractivity contribution in [2.24, 2.45) is 5.73 Å². The van der Waals surface area contributed by atoms with Gasteiger partial charge in [0.2, 0.25) is 11.8 Å². The maximum Gasteiger partial charge on any atom is 0.228 e. The van der Waals surface area contributed by atoms with Crippen LogP contribution >= 0.6 is 11.3 Å². The van der Waals surface area contributed by atoms with E-state index in [9.17, 15) is 9.59 Å². The van der Waals surface area contributed by atoms with Crippen LogP contribution in [-0.4, -0.2) is 41.3 Å². The van der Waals surface area contributed by atoms with Gasteiger partial charge in [-0.1, -0.05) is 30.3 Å². The Morgan fingerprint density at radius 2 is 2.12 bits per heavy atom. The summed E-state index contributed by atoms with van der Waals surface area (Å²) >= 11 is 1.43. The van der Waals surface area contributed by atoms with Crippen molar-refractivity contribution in [2.75, 3.05) is 24.5 Å². The van der Waals surface area contributed by atoms with Crippen molar-refractivity contribution in [3.05, 3.63) is 47.0 Å². The largest absolute Gasteiger partial charge is 0.338 e. The molecule has 0 aliphatic carbocycles. The fourth-order valence-corrected chi connectivity index (χ4v) is 3.86. The molecular weight excluding hydrogens is 348 g/mol. The Morgan fingerprint density at radius 3 is 2.81 bits per heavy atom. The van der Waals surface area contributed by atoms with Gasteiger partial charge in [0.05, 0.1) is 12.1 Å². The molecule has 0 radical (unpaired) electrons. The van der Waals surface area contributed by atoms with E-state index in [1.165, 1.54) is 11.3 Å². The van der Waals surface area contributed by atoms with E-state index in [0.29, 0.717) is 31.2 Å². The standard InChI is InChI=1S/C19H24N4O2S/c20-9-5-10-22(13-15-6-2-1-3-7-15)18(25)12-16-14-26-19(21-16)23-11-4-8-17(23)24/h1-3,6-7,14H,4-5,8-13,20H2. The summed E-state index contributed by atoms with van der Waals surface area (Å²) in [6, 6.07) is 9.94. The zero-order valence-electron chi connectivity index (χ0n) is 14.8. The van der Waals surface area contributed by atoms with Crippen LogP contribution in [0.2, 0.25) is 0 Å². The van der Waals surface area contributed by atoms with Crippen LogP contribution in [-0.2, 0) is 22.6 Å². The lowest BCUT2D eigenvalue weighted by Crippen LogP contribution is -2.33. The van der Waals surface area contributed by atoms with Crippen LogP contribution in [0.5, 0.6) is 0 Å². The van der Waals surface area contributed by atoms with Gasteiger partial charge in [0, 0.05) is 31.4 Å². The molecule has 2 amide bonds. The molecule has 0 saturated carbocycles. The second-order valence-electron chi connectivity index (χ2n) is 6.39. The van der Waals surface area contributed by atoms with Gasteiger partial charge in [-0.25, -0.2) is 4.98 Å². The highest BCUT2D eigenvalue weighted by molar-refractivity contribution is 7.14. The SMILES string of the molecule is NCCCN(Cc1ccccc1)C(=O)Cc1csc(N2CCCC2=O)n1. The third-order valence-electron chi connectivity index (χ3n) is 4.38. The first-order valence-electron chi connectivity index (χ1n) is 8.94. The third kappa shape index (κ3) is 4.68. The summed E-state index contributed by atoms with van der Waals surface area (Å²) < 4.78 is 0. The fraction of sp³-hybridized carbons (Fsp3) is 0.421. The number of carbonyl (C=O) groups is 2. The van der Waals surface area contributed by atoms with Gasteiger partial charge in [-0.2, -0.15) is 0 Å². The van der Waals surface area contributed by atoms with E-state index in [4.69, 9.17) is 5.73 Å². The molecule has 6 nitrogen and oxygen atoms in total. The third-order valence-corrected chi connectivity index (χ3v) is 5.29. The summed E-state index contributed by atoms with van der Waals surface area (Å²) in [6.45, 7) is 2.47. The zero-order chi connectivity index (χ0) is 18.4. The number of hydrogen-bond acceptors (Lipinski definition) is 5. The van der Waals surface area contributed by atoms with Crippen molar-refractivity contribution in [3.63, 3.8) is 0 Å². The zero-order valence-corrected chi connectivity index (χ0v) is 15.6. The van der Waals surface area contributed by atoms with Gasteiger partial charge >= 0.3 is 0 Å². The summed E-state index contributed by atoms with van der Waals surface area (Å²) in [4.78, 5) is 32.7. The molecule has 1 fully saturated rings. The monoisotopic (exact) mass is 372 g/mol. The number of nitrogens with two attached hydrogens (primary N) is 1. The van der Waals surface area contributed by atoms with Crippen LogP contribution in [0.3, 0.4) is 0 Å². The van der Waals surface area contributed by atoms with Crippen LogP contribution in [0.25, 0.3) is 0 Å². The van der Waals surface area contributed by atoms with Gasteiger partial charge in [-0.15, -0.1) is 11.3 Å². The van der Waals surface area contributed by atoms with Crippen molar-refractivity contribution in [3.8, 4) is 0 Å². The van der Waals surface area contributed by atoms with Crippen molar-refractivity contribution < 1.29 is 9.59 Å². The summed E-state index contributed by atoms with van der Waals surface area (Å²) in [5, 5.41) is 2.58. The lowest BCUT2D eigenvalue weighted by Gasteiger charge is -2.22. The van der Waals surface area contributed by atoms with E-state index in [1.807, 2.05) is 40.6 Å². The molecule has 2 heterocycles. The number of thiazole rings is 1. The predicted molar refractivity (Wildman–Crippen MR) is 103 cm³/mol. The van der Waals surface area contributed by atoms with E-state index in [-0.39, 0.29) is 18.2 Å². The average Bonchev–Trinajstić information content (AvgIpc) is 3.28. The highest BCUT2D eigenvalue weighted by Gasteiger charge is 2.25. The van der Waals surface area contributed by atoms with Crippen molar-refractivity contribution >= 4 is 28.3 Å². The summed E-state index contributed by atoms with van der Waals surface area (Å²) in [5.41, 5.74) is 7.44. The number of anilines is 1. The molecular formula is C19H24N4O2S. The lowest BCUT2D eigenvalue weighted by molar-refractivity contribution is -0.131. The highest BCUT2D eigenvalue weighted by Crippen LogP contribution is 2.25. The molecule has 0 spiro atoms. The number of hydrogen-bond donors (Lipinski definition) is 1. The molecule has 0 unspecified atom stereocenters. The molecule has 1 aliphatic heterocycles. The molecule has 0 atom stereocenters. The average molecular weight is 372 g/mol. The Morgan fingerprint density at radius 1 is 1.31 bits per heavy atom. The Bertz CT molecular complexity index is 747. The van der Waals surface area contributed by atoms with Gasteiger partial charge in [-0.3, -0.25) is 14.5 Å². The van der Waals surface area contributed by atoms with E-state index in [1.54, 1.807) is 4.90 Å². The van der Waals surface area contributed by atoms with Gasteiger partial charge < -0.3 is 10.6 Å². The Balaban J connectivity index is 1.65. The molecule has 2 aromatic rings. The minimum atomic E-state index is 0.0342. The van der Waals surface area contributed by atoms with Crippen molar-refractivity contribution in [1.82, 2.24) is 9.88 Å². The molecule has 138 valence electrons. The van der Waals surface area contributed by atoms with Crippen LogP contribution in [0, 0.1) is 0 Å². The number of amides is 2. The normalized spacial score (nSPS) is 14.0. The van der Waals surface area contributed by atoms with E-state index in [0.717, 1.165) is 30.6 Å². The van der Waals surface area contributed by atoms with E-state index >= 15 is 0 Å². The molecule has 1 aliphatic rings. The van der Waals surface area contributed by atoms with E-state index < -0.39 is 0 Å². The van der Waals surface area contributed by atoms with Gasteiger partial charge in [0.15, 0.2) is 5.13 Å². The molecule has 2 N–H and O–H groups in total. The smallest absolute Gasteiger partial charge is 0.228 e. The molecule has 7 heteroatoms. The maximum absolute atomic E-state index is 12.8. The second-order valence-corrected chi connectivity index (χ2v) is 7.23. The number of carbonyl (C=O) groups excluding carboxylic acids is 2. The number of rotatable bonds is 8. The fourth-order valence-electron chi connectivity index (χ4n) is 3.00. The van der Waals surface area contributed by atoms with Crippen LogP contribution in [0.15, 0.2) is 35.7 Å². The summed E-state index contributed by atoms with van der Waals surface area (Å²) in [7, 11) is 0. The number of benzene rings is 1. The minimum Gasteiger partial charge on any atom is -0.338 e. The topological polar surface area (TPSA) is 79.5 Å². The Labute approximate surface area is 157 Å². The first-order valence-corrected chi connectivity index (χ1v) is 9.82. The lowest BCUT2D eigenvalue weighted by atomic mass is 10.2. The molecule has 0 bridgehead atoms. The van der Waals surface area contributed by atoms with Gasteiger partial charge in [0.1, 0.15) is 0 Å². The Hall–Kier alpha value is -2.25. The predicted octanol–water partition coefficient (Wildman–Crippen LogP) is 2.19. The van der Waals surface area contributed by atoms with E-state index in [2.05, 4.69) is 4.98 Å². The molecule has 1 aromatic carbocycles. The van der Waals surface area contributed by atoms with Gasteiger partial charge in [0.25, 0.3) is 0 Å². The number of nitrogens with zero attached hydrogens (tertiary/aromatic N) is 3. The highest BCUT2D eigenvalue weighted by atomic mass is 32.1. The number of aromatic nitrogens is 1. The maximum atomic E-state index is 12.8. The summed E-state index contributed by atoms with van der Waals surface area (Å²) in [5.74, 6) is 0.151. The molecule has 1 saturated heterocycles. The van der Waals surface area contributed by atoms with Crippen LogP contribution < -0.4 is 10.6 Å². The molecule has 1 aromatic heterocycles. The summed E-state index contributed by atoms with van der Waals surface area (Å²) in [6.07, 6.45) is 2.47. The first-order chi connectivity index (χ1) is 12.7. The molecule has 26 heavy (non-hydrogen) atoms. The first kappa shape index (κ1) is 18.5. The van der Waals surface area contributed by atoms with Crippen LogP contribution in [0.4, 0.5) is 5.13 Å². The second kappa shape index (κ2) is 8.91. The van der Waals surface area contributed by atoms with Crippen LogP contribution in [0.1, 0.15) is 30.5 Å². The van der Waals surface area contributed by atoms with Gasteiger partial charge in [-0.05, 0) is 24.9 Å². The quantitative estimate of drug-likeness (QED) is 0.770.